The molecule has 0 N–H and O–H groups in total. The Kier molecular flexibility index (Phi) is 8.01. The lowest BCUT2D eigenvalue weighted by Crippen LogP contribution is -2.42. The van der Waals surface area contributed by atoms with Crippen molar-refractivity contribution in [1.82, 2.24) is 15.0 Å². The third kappa shape index (κ3) is 5.98. The van der Waals surface area contributed by atoms with Crippen LogP contribution in [0.15, 0.2) is 70.6 Å². The van der Waals surface area contributed by atoms with Crippen LogP contribution < -0.4 is 4.90 Å². The molecule has 1 saturated carbocycles. The first kappa shape index (κ1) is 27.4. The number of nitrogens with zero attached hydrogens (tertiary/aromatic N) is 4. The minimum atomic E-state index is 0.0352. The highest BCUT2D eigenvalue weighted by atomic mass is 32.1. The number of hydrogen-bond acceptors (Lipinski definition) is 6. The molecule has 1 saturated heterocycles. The molecule has 212 valence electrons. The average Bonchev–Trinajstić information content (AvgIpc) is 3.63. The van der Waals surface area contributed by atoms with Crippen LogP contribution in [-0.4, -0.2) is 46.0 Å². The van der Waals surface area contributed by atoms with E-state index >= 15 is 0 Å². The summed E-state index contributed by atoms with van der Waals surface area (Å²) in [6, 6.07) is 20.1. The zero-order valence-electron chi connectivity index (χ0n) is 23.7. The zero-order valence-corrected chi connectivity index (χ0v) is 24.5. The minimum Gasteiger partial charge on any atom is -0.360 e. The van der Waals surface area contributed by atoms with Gasteiger partial charge in [-0.3, -0.25) is 9.59 Å². The molecule has 6 rings (SSSR count). The molecular weight excluding hydrogens is 532 g/mol. The number of rotatable bonds is 9. The number of thiazole rings is 1. The number of amides is 2. The van der Waals surface area contributed by atoms with Crippen molar-refractivity contribution in [3.63, 3.8) is 0 Å². The number of likely N-dealkylation sites (tertiary alicyclic amines) is 1. The Bertz CT molecular complexity index is 1490. The Morgan fingerprint density at radius 3 is 2.37 bits per heavy atom. The van der Waals surface area contributed by atoms with E-state index in [1.807, 2.05) is 77.4 Å². The van der Waals surface area contributed by atoms with E-state index in [-0.39, 0.29) is 30.7 Å². The Balaban J connectivity index is 1.05. The van der Waals surface area contributed by atoms with Gasteiger partial charge in [0.15, 0.2) is 0 Å². The van der Waals surface area contributed by atoms with Crippen LogP contribution in [0.2, 0.25) is 0 Å². The van der Waals surface area contributed by atoms with Gasteiger partial charge in [-0.05, 0) is 57.6 Å². The molecule has 0 radical (unpaired) electrons. The first-order chi connectivity index (χ1) is 20.0. The van der Waals surface area contributed by atoms with Gasteiger partial charge in [-0.1, -0.05) is 53.7 Å². The molecule has 7 nitrogen and oxygen atoms in total. The number of aromatic nitrogens is 2. The van der Waals surface area contributed by atoms with Gasteiger partial charge in [0.05, 0.1) is 16.3 Å². The summed E-state index contributed by atoms with van der Waals surface area (Å²) in [5.74, 6) is 1.73. The molecule has 8 heteroatoms. The molecule has 1 aliphatic heterocycles. The highest BCUT2D eigenvalue weighted by Gasteiger charge is 2.35. The maximum atomic E-state index is 13.3. The van der Waals surface area contributed by atoms with E-state index in [1.54, 1.807) is 11.3 Å². The van der Waals surface area contributed by atoms with E-state index in [2.05, 4.69) is 17.5 Å². The van der Waals surface area contributed by atoms with E-state index < -0.39 is 0 Å². The summed E-state index contributed by atoms with van der Waals surface area (Å²) in [5.41, 5.74) is 4.57. The fourth-order valence-electron chi connectivity index (χ4n) is 5.91. The largest absolute Gasteiger partial charge is 0.360 e. The van der Waals surface area contributed by atoms with Gasteiger partial charge >= 0.3 is 0 Å². The van der Waals surface area contributed by atoms with Crippen LogP contribution in [0, 0.1) is 12.8 Å². The van der Waals surface area contributed by atoms with Gasteiger partial charge in [0, 0.05) is 54.5 Å². The van der Waals surface area contributed by atoms with Gasteiger partial charge in [-0.15, -0.1) is 11.3 Å². The Morgan fingerprint density at radius 2 is 1.68 bits per heavy atom. The summed E-state index contributed by atoms with van der Waals surface area (Å²) < 4.78 is 5.55. The molecular formula is C33H36N4O3S. The number of benzene rings is 2. The van der Waals surface area contributed by atoms with Gasteiger partial charge < -0.3 is 14.3 Å². The van der Waals surface area contributed by atoms with Crippen LogP contribution in [-0.2, 0) is 9.59 Å². The summed E-state index contributed by atoms with van der Waals surface area (Å²) in [4.78, 5) is 35.3. The molecule has 4 aromatic rings. The van der Waals surface area contributed by atoms with Gasteiger partial charge in [0.2, 0.25) is 11.8 Å². The predicted molar refractivity (Wildman–Crippen MR) is 162 cm³/mol. The van der Waals surface area contributed by atoms with Crippen LogP contribution in [0.25, 0.3) is 22.5 Å². The normalized spacial score (nSPS) is 16.5. The Morgan fingerprint density at radius 1 is 1.00 bits per heavy atom. The molecule has 1 atom stereocenters. The van der Waals surface area contributed by atoms with E-state index in [0.717, 1.165) is 51.8 Å². The monoisotopic (exact) mass is 568 g/mol. The number of para-hydroxylation sites is 1. The highest BCUT2D eigenvalue weighted by Crippen LogP contribution is 2.39. The van der Waals surface area contributed by atoms with Gasteiger partial charge in [-0.2, -0.15) is 0 Å². The molecule has 3 heterocycles. The molecule has 1 unspecified atom stereocenters. The summed E-state index contributed by atoms with van der Waals surface area (Å²) in [6.07, 6.45) is 4.56. The van der Waals surface area contributed by atoms with Crippen molar-refractivity contribution in [2.24, 2.45) is 5.92 Å². The number of piperidine rings is 1. The molecule has 2 aliphatic rings. The van der Waals surface area contributed by atoms with Crippen molar-refractivity contribution in [2.45, 2.75) is 64.3 Å². The third-order valence-electron chi connectivity index (χ3n) is 8.45. The third-order valence-corrected chi connectivity index (χ3v) is 9.46. The zero-order chi connectivity index (χ0) is 28.3. The molecule has 2 fully saturated rings. The lowest BCUT2D eigenvalue weighted by molar-refractivity contribution is -0.134. The van der Waals surface area contributed by atoms with Crippen molar-refractivity contribution < 1.29 is 14.1 Å². The van der Waals surface area contributed by atoms with Crippen molar-refractivity contribution in [3.8, 4) is 22.5 Å². The summed E-state index contributed by atoms with van der Waals surface area (Å²) in [5, 5.41) is 7.49. The lowest BCUT2D eigenvalue weighted by atomic mass is 9.97. The fourth-order valence-corrected chi connectivity index (χ4v) is 6.89. The second kappa shape index (κ2) is 12.0. The Labute approximate surface area is 245 Å². The van der Waals surface area contributed by atoms with E-state index in [4.69, 9.17) is 9.51 Å². The molecule has 2 aromatic carbocycles. The number of anilines is 1. The molecule has 0 spiro atoms. The number of aryl methyl sites for hydroxylation is 1. The number of carbonyl (C=O) groups excluding carboxylic acids is 2. The van der Waals surface area contributed by atoms with Crippen LogP contribution >= 0.6 is 11.3 Å². The topological polar surface area (TPSA) is 79.5 Å². The van der Waals surface area contributed by atoms with Crippen LogP contribution in [0.4, 0.5) is 5.69 Å². The Hall–Kier alpha value is -3.78. The summed E-state index contributed by atoms with van der Waals surface area (Å²) in [7, 11) is 0. The predicted octanol–water partition coefficient (Wildman–Crippen LogP) is 7.09. The van der Waals surface area contributed by atoms with Gasteiger partial charge in [-0.25, -0.2) is 4.98 Å². The first-order valence-corrected chi connectivity index (χ1v) is 15.5. The molecule has 41 heavy (non-hydrogen) atoms. The fraction of sp³-hybridized carbons (Fsp3) is 0.394. The average molecular weight is 569 g/mol. The van der Waals surface area contributed by atoms with Crippen LogP contribution in [0.3, 0.4) is 0 Å². The van der Waals surface area contributed by atoms with Gasteiger partial charge in [0.25, 0.3) is 0 Å². The molecule has 2 amide bonds. The van der Waals surface area contributed by atoms with E-state index in [9.17, 15) is 9.59 Å². The summed E-state index contributed by atoms with van der Waals surface area (Å²) >= 11 is 1.67. The van der Waals surface area contributed by atoms with Crippen molar-refractivity contribution in [3.05, 3.63) is 76.8 Å². The van der Waals surface area contributed by atoms with Crippen LogP contribution in [0.5, 0.6) is 0 Å². The lowest BCUT2D eigenvalue weighted by Gasteiger charge is -2.32. The highest BCUT2D eigenvalue weighted by molar-refractivity contribution is 7.10. The second-order valence-electron chi connectivity index (χ2n) is 11.2. The summed E-state index contributed by atoms with van der Waals surface area (Å²) in [6.45, 7) is 5.43. The van der Waals surface area contributed by atoms with E-state index in [0.29, 0.717) is 24.9 Å². The van der Waals surface area contributed by atoms with Crippen molar-refractivity contribution in [1.29, 1.82) is 0 Å². The standard InChI is InChI=1S/C33H36N4O3S/c1-22(24-13-14-24)37(27-11-7-4-8-12-27)30(39)16-15-29(38)36-19-17-26(18-20-36)33-34-28(21-41-33)31-23(2)40-35-32(31)25-9-5-3-6-10-25/h3-12,21-22,24,26H,13-20H2,1-2H3. The number of hydrogen-bond donors (Lipinski definition) is 0. The molecule has 0 bridgehead atoms. The SMILES string of the molecule is Cc1onc(-c2ccccc2)c1-c1csc(C2CCN(C(=O)CCC(=O)N(c3ccccc3)C(C)C3CC3)CC2)n1. The van der Waals surface area contributed by atoms with Gasteiger partial charge in [0.1, 0.15) is 11.5 Å². The van der Waals surface area contributed by atoms with Crippen molar-refractivity contribution in [2.75, 3.05) is 18.0 Å². The number of carbonyl (C=O) groups is 2. The second-order valence-corrected chi connectivity index (χ2v) is 12.1. The van der Waals surface area contributed by atoms with Crippen LogP contribution in [0.1, 0.15) is 62.1 Å². The molecule has 2 aromatic heterocycles. The quantitative estimate of drug-likeness (QED) is 0.215. The van der Waals surface area contributed by atoms with Crippen molar-refractivity contribution >= 4 is 28.8 Å². The van der Waals surface area contributed by atoms with E-state index in [1.165, 1.54) is 12.8 Å². The maximum absolute atomic E-state index is 13.3. The first-order valence-electron chi connectivity index (χ1n) is 14.6. The molecule has 1 aliphatic carbocycles. The minimum absolute atomic E-state index is 0.0352. The smallest absolute Gasteiger partial charge is 0.227 e. The maximum Gasteiger partial charge on any atom is 0.227 e.